The van der Waals surface area contributed by atoms with E-state index >= 15 is 0 Å². The topological polar surface area (TPSA) is 69.0 Å². The first-order valence-electron chi connectivity index (χ1n) is 11.0. The minimum Gasteiger partial charge on any atom is -0.493 e. The molecular formula is C27H21ClFNO5. The maximum absolute atomic E-state index is 14.0. The molecule has 0 bridgehead atoms. The molecule has 8 heteroatoms. The van der Waals surface area contributed by atoms with Gasteiger partial charge in [0.1, 0.15) is 11.4 Å². The Hall–Kier alpha value is -3.84. The number of carbonyl (C=O) groups is 1. The monoisotopic (exact) mass is 493 g/mol. The Kier molecular flexibility index (Phi) is 5.73. The highest BCUT2D eigenvalue weighted by atomic mass is 35.5. The van der Waals surface area contributed by atoms with Crippen LogP contribution in [-0.4, -0.2) is 19.6 Å². The average molecular weight is 494 g/mol. The van der Waals surface area contributed by atoms with E-state index in [0.717, 1.165) is 11.6 Å². The third-order valence-corrected chi connectivity index (χ3v) is 6.48. The Morgan fingerprint density at radius 2 is 1.86 bits per heavy atom. The number of rotatable bonds is 5. The second-order valence-corrected chi connectivity index (χ2v) is 8.58. The molecule has 1 unspecified atom stereocenters. The largest absolute Gasteiger partial charge is 0.493 e. The summed E-state index contributed by atoms with van der Waals surface area (Å²) in [4.78, 5) is 28.8. The lowest BCUT2D eigenvalue weighted by Gasteiger charge is -2.26. The molecule has 35 heavy (non-hydrogen) atoms. The van der Waals surface area contributed by atoms with Crippen molar-refractivity contribution in [1.82, 2.24) is 0 Å². The lowest BCUT2D eigenvalue weighted by Crippen LogP contribution is -2.29. The van der Waals surface area contributed by atoms with E-state index in [9.17, 15) is 14.0 Å². The minimum absolute atomic E-state index is 0.0586. The first-order valence-corrected chi connectivity index (χ1v) is 11.4. The molecule has 5 rings (SSSR count). The summed E-state index contributed by atoms with van der Waals surface area (Å²) in [6.45, 7) is 4.15. The number of nitrogens with zero attached hydrogens (tertiary/aromatic N) is 1. The fourth-order valence-corrected chi connectivity index (χ4v) is 4.56. The predicted octanol–water partition coefficient (Wildman–Crippen LogP) is 6.05. The first-order chi connectivity index (χ1) is 16.8. The van der Waals surface area contributed by atoms with Crippen LogP contribution in [0.15, 0.2) is 63.8 Å². The van der Waals surface area contributed by atoms with Gasteiger partial charge in [-0.2, -0.15) is 0 Å². The Labute approximate surface area is 205 Å². The number of methoxy groups -OCH3 is 1. The van der Waals surface area contributed by atoms with Crippen LogP contribution in [-0.2, 0) is 0 Å². The fraction of sp³-hybridized carbons (Fsp3) is 0.185. The molecule has 1 amide bonds. The van der Waals surface area contributed by atoms with Gasteiger partial charge >= 0.3 is 0 Å². The predicted molar refractivity (Wildman–Crippen MR) is 131 cm³/mol. The molecule has 0 N–H and O–H groups in total. The SMILES string of the molecule is CCOc1ccc(C2c3c(oc4ccc(F)cc4c3=O)C(=O)N2c2ccc(C)c(Cl)c2)cc1OC. The number of carbonyl (C=O) groups excluding carboxylic acids is 1. The highest BCUT2D eigenvalue weighted by Gasteiger charge is 2.44. The van der Waals surface area contributed by atoms with Crippen molar-refractivity contribution in [3.63, 3.8) is 0 Å². The molecule has 0 radical (unpaired) electrons. The number of anilines is 1. The van der Waals surface area contributed by atoms with Gasteiger partial charge in [0.2, 0.25) is 5.76 Å². The van der Waals surface area contributed by atoms with Gasteiger partial charge in [-0.15, -0.1) is 0 Å². The van der Waals surface area contributed by atoms with Gasteiger partial charge in [-0.3, -0.25) is 14.5 Å². The Balaban J connectivity index is 1.79. The molecule has 1 aromatic heterocycles. The molecule has 1 aliphatic heterocycles. The number of fused-ring (bicyclic) bond motifs is 2. The summed E-state index contributed by atoms with van der Waals surface area (Å²) >= 11 is 6.38. The van der Waals surface area contributed by atoms with Gasteiger partial charge < -0.3 is 13.9 Å². The molecule has 0 fully saturated rings. The van der Waals surface area contributed by atoms with Gasteiger partial charge in [-0.25, -0.2) is 4.39 Å². The van der Waals surface area contributed by atoms with Crippen molar-refractivity contribution < 1.29 is 23.1 Å². The second kappa shape index (κ2) is 8.74. The molecule has 0 saturated carbocycles. The molecule has 0 saturated heterocycles. The molecular weight excluding hydrogens is 473 g/mol. The highest BCUT2D eigenvalue weighted by molar-refractivity contribution is 6.31. The summed E-state index contributed by atoms with van der Waals surface area (Å²) in [5.41, 5.74) is 1.70. The van der Waals surface area contributed by atoms with E-state index < -0.39 is 23.2 Å². The molecule has 1 aliphatic rings. The number of hydrogen-bond donors (Lipinski definition) is 0. The van der Waals surface area contributed by atoms with Crippen LogP contribution in [0.5, 0.6) is 11.5 Å². The highest BCUT2D eigenvalue weighted by Crippen LogP contribution is 2.44. The standard InChI is InChI=1S/C27H21ClFNO5/c1-4-34-21-9-6-15(11-22(21)33-3)24-23-25(31)18-12-16(29)7-10-20(18)35-26(23)27(32)30(24)17-8-5-14(2)19(28)13-17/h5-13,24H,4H2,1-3H3. The van der Waals surface area contributed by atoms with Crippen molar-refractivity contribution in [1.29, 1.82) is 0 Å². The molecule has 0 spiro atoms. The Morgan fingerprint density at radius 3 is 2.57 bits per heavy atom. The number of benzene rings is 3. The number of ether oxygens (including phenoxy) is 2. The molecule has 0 aliphatic carbocycles. The van der Waals surface area contributed by atoms with Crippen molar-refractivity contribution in [2.45, 2.75) is 19.9 Å². The van der Waals surface area contributed by atoms with Gasteiger partial charge in [0.25, 0.3) is 5.91 Å². The van der Waals surface area contributed by atoms with Gasteiger partial charge in [0, 0.05) is 10.7 Å². The van der Waals surface area contributed by atoms with E-state index in [-0.39, 0.29) is 22.3 Å². The smallest absolute Gasteiger partial charge is 0.295 e. The third-order valence-electron chi connectivity index (χ3n) is 6.07. The van der Waals surface area contributed by atoms with E-state index in [0.29, 0.717) is 34.4 Å². The van der Waals surface area contributed by atoms with E-state index in [1.54, 1.807) is 36.4 Å². The van der Waals surface area contributed by atoms with Gasteiger partial charge in [-0.1, -0.05) is 23.7 Å². The summed E-state index contributed by atoms with van der Waals surface area (Å²) in [7, 11) is 1.51. The lowest BCUT2D eigenvalue weighted by atomic mass is 9.97. The quantitative estimate of drug-likeness (QED) is 0.338. The van der Waals surface area contributed by atoms with E-state index in [2.05, 4.69) is 0 Å². The number of halogens is 2. The third kappa shape index (κ3) is 3.72. The van der Waals surface area contributed by atoms with Crippen molar-refractivity contribution in [2.24, 2.45) is 0 Å². The van der Waals surface area contributed by atoms with E-state index in [1.807, 2.05) is 13.8 Å². The van der Waals surface area contributed by atoms with Gasteiger partial charge in [-0.05, 0) is 67.4 Å². The van der Waals surface area contributed by atoms with Crippen LogP contribution in [0.1, 0.15) is 40.2 Å². The zero-order valence-corrected chi connectivity index (χ0v) is 20.0. The van der Waals surface area contributed by atoms with E-state index in [4.69, 9.17) is 25.5 Å². The zero-order chi connectivity index (χ0) is 24.9. The number of amides is 1. The summed E-state index contributed by atoms with van der Waals surface area (Å²) < 4.78 is 31.0. The Bertz CT molecular complexity index is 1550. The van der Waals surface area contributed by atoms with Crippen LogP contribution in [0.3, 0.4) is 0 Å². The molecule has 2 heterocycles. The van der Waals surface area contributed by atoms with Gasteiger partial charge in [0.05, 0.1) is 30.7 Å². The summed E-state index contributed by atoms with van der Waals surface area (Å²) in [6, 6.07) is 13.2. The minimum atomic E-state index is -0.857. The number of hydrogen-bond acceptors (Lipinski definition) is 5. The summed E-state index contributed by atoms with van der Waals surface area (Å²) in [6.07, 6.45) is 0. The van der Waals surface area contributed by atoms with Crippen LogP contribution in [0.25, 0.3) is 11.0 Å². The fourth-order valence-electron chi connectivity index (χ4n) is 4.39. The summed E-state index contributed by atoms with van der Waals surface area (Å²) in [5, 5.41) is 0.532. The van der Waals surface area contributed by atoms with E-state index in [1.165, 1.54) is 24.1 Å². The second-order valence-electron chi connectivity index (χ2n) is 8.17. The molecule has 6 nitrogen and oxygen atoms in total. The maximum atomic E-state index is 14.0. The molecule has 178 valence electrons. The van der Waals surface area contributed by atoms with Gasteiger partial charge in [0.15, 0.2) is 16.9 Å². The van der Waals surface area contributed by atoms with Crippen LogP contribution in [0.2, 0.25) is 5.02 Å². The summed E-state index contributed by atoms with van der Waals surface area (Å²) in [5.74, 6) is -0.190. The zero-order valence-electron chi connectivity index (χ0n) is 19.2. The van der Waals surface area contributed by atoms with Crippen LogP contribution >= 0.6 is 11.6 Å². The van der Waals surface area contributed by atoms with Crippen molar-refractivity contribution >= 4 is 34.2 Å². The van der Waals surface area contributed by atoms with Crippen LogP contribution in [0, 0.1) is 12.7 Å². The molecule has 1 atom stereocenters. The lowest BCUT2D eigenvalue weighted by molar-refractivity contribution is 0.0971. The van der Waals surface area contributed by atoms with Crippen molar-refractivity contribution in [2.75, 3.05) is 18.6 Å². The van der Waals surface area contributed by atoms with Crippen molar-refractivity contribution in [3.05, 3.63) is 98.1 Å². The average Bonchev–Trinajstić information content (AvgIpc) is 3.14. The Morgan fingerprint density at radius 1 is 1.06 bits per heavy atom. The molecule has 3 aromatic carbocycles. The van der Waals surface area contributed by atoms with Crippen molar-refractivity contribution in [3.8, 4) is 11.5 Å². The maximum Gasteiger partial charge on any atom is 0.295 e. The molecule has 4 aromatic rings. The van der Waals surface area contributed by atoms with Crippen LogP contribution in [0.4, 0.5) is 10.1 Å². The number of aryl methyl sites for hydroxylation is 1. The van der Waals surface area contributed by atoms with Crippen LogP contribution < -0.4 is 19.8 Å². The first kappa shape index (κ1) is 22.9. The normalized spacial score (nSPS) is 14.9.